The lowest BCUT2D eigenvalue weighted by Gasteiger charge is -2.24. The minimum Gasteiger partial charge on any atom is -0.469 e. The van der Waals surface area contributed by atoms with Crippen LogP contribution in [0.1, 0.15) is 19.4 Å². The molecule has 0 saturated carbocycles. The number of carbonyl (C=O) groups excluding carboxylic acids is 3. The highest BCUT2D eigenvalue weighted by Gasteiger charge is 2.54. The first-order chi connectivity index (χ1) is 13.9. The topological polar surface area (TPSA) is 78.7 Å². The number of rotatable bonds is 4. The van der Waals surface area contributed by atoms with Gasteiger partial charge >= 0.3 is 11.9 Å². The molecule has 2 aromatic rings. The van der Waals surface area contributed by atoms with Crippen molar-refractivity contribution >= 4 is 29.2 Å². The lowest BCUT2D eigenvalue weighted by molar-refractivity contribution is -0.417. The van der Waals surface area contributed by atoms with Crippen molar-refractivity contribution in [1.82, 2.24) is 5.32 Å². The van der Waals surface area contributed by atoms with E-state index >= 15 is 0 Å². The molecule has 148 valence electrons. The molecular weight excluding hydrogens is 377 g/mol. The van der Waals surface area contributed by atoms with Crippen LogP contribution in [0.4, 0.5) is 14.9 Å². The molecule has 1 N–H and O–H groups in total. The SMILES string of the molecule is CC(C)NC(=O)C[N+]1=C2c3ccccc3OC2C(=O)N(c2ccc(F)cc2)C1=O. The molecule has 4 rings (SSSR count). The van der Waals surface area contributed by atoms with Gasteiger partial charge in [0.15, 0.2) is 12.3 Å². The van der Waals surface area contributed by atoms with Crippen molar-refractivity contribution in [3.8, 4) is 5.75 Å². The van der Waals surface area contributed by atoms with E-state index in [4.69, 9.17) is 4.74 Å². The summed E-state index contributed by atoms with van der Waals surface area (Å²) in [5, 5.41) is 2.75. The second-order valence-corrected chi connectivity index (χ2v) is 7.12. The smallest absolute Gasteiger partial charge is 0.469 e. The molecular formula is C21H19FN3O4+. The molecule has 0 aliphatic carbocycles. The maximum absolute atomic E-state index is 13.3. The summed E-state index contributed by atoms with van der Waals surface area (Å²) < 4.78 is 20.4. The zero-order chi connectivity index (χ0) is 20.7. The van der Waals surface area contributed by atoms with Crippen LogP contribution in [0.5, 0.6) is 5.75 Å². The highest BCUT2D eigenvalue weighted by molar-refractivity contribution is 6.29. The summed E-state index contributed by atoms with van der Waals surface area (Å²) in [7, 11) is 0. The monoisotopic (exact) mass is 396 g/mol. The van der Waals surface area contributed by atoms with Crippen molar-refractivity contribution in [2.24, 2.45) is 0 Å². The number of nitrogens with one attached hydrogen (secondary N) is 1. The molecule has 2 aliphatic rings. The van der Waals surface area contributed by atoms with Gasteiger partial charge in [-0.15, -0.1) is 4.90 Å². The number of halogens is 1. The predicted molar refractivity (Wildman–Crippen MR) is 103 cm³/mol. The Kier molecular flexibility index (Phi) is 4.62. The maximum Gasteiger partial charge on any atom is 0.506 e. The van der Waals surface area contributed by atoms with Gasteiger partial charge in [-0.1, -0.05) is 12.1 Å². The van der Waals surface area contributed by atoms with Gasteiger partial charge in [0.05, 0.1) is 5.56 Å². The molecule has 1 atom stereocenters. The van der Waals surface area contributed by atoms with Gasteiger partial charge < -0.3 is 10.1 Å². The zero-order valence-corrected chi connectivity index (χ0v) is 15.9. The molecule has 29 heavy (non-hydrogen) atoms. The molecule has 0 aromatic heterocycles. The van der Waals surface area contributed by atoms with Crippen molar-refractivity contribution in [3.05, 3.63) is 59.9 Å². The molecule has 4 amide bonds. The fourth-order valence-corrected chi connectivity index (χ4v) is 3.49. The Morgan fingerprint density at radius 1 is 1.17 bits per heavy atom. The number of imide groups is 1. The quantitative estimate of drug-likeness (QED) is 0.803. The Labute approximate surface area is 166 Å². The van der Waals surface area contributed by atoms with Crippen LogP contribution in [0, 0.1) is 5.82 Å². The number of carbonyl (C=O) groups is 3. The Bertz CT molecular complexity index is 1050. The maximum atomic E-state index is 13.3. The van der Waals surface area contributed by atoms with E-state index in [0.717, 1.165) is 17.0 Å². The predicted octanol–water partition coefficient (Wildman–Crippen LogP) is 2.08. The number of urea groups is 1. The van der Waals surface area contributed by atoms with Gasteiger partial charge in [-0.2, -0.15) is 9.37 Å². The zero-order valence-electron chi connectivity index (χ0n) is 15.9. The van der Waals surface area contributed by atoms with Gasteiger partial charge in [-0.05, 0) is 50.2 Å². The number of benzene rings is 2. The van der Waals surface area contributed by atoms with E-state index in [1.54, 1.807) is 24.3 Å². The van der Waals surface area contributed by atoms with Gasteiger partial charge in [-0.25, -0.2) is 9.18 Å². The van der Waals surface area contributed by atoms with E-state index in [1.165, 1.54) is 16.7 Å². The molecule has 0 fully saturated rings. The van der Waals surface area contributed by atoms with Gasteiger partial charge in [0.25, 0.3) is 12.0 Å². The molecule has 2 heterocycles. The number of anilines is 1. The summed E-state index contributed by atoms with van der Waals surface area (Å²) in [6.45, 7) is 3.36. The number of nitrogens with zero attached hydrogens (tertiary/aromatic N) is 2. The molecule has 8 heteroatoms. The highest BCUT2D eigenvalue weighted by atomic mass is 19.1. The molecule has 0 bridgehead atoms. The van der Waals surface area contributed by atoms with Crippen molar-refractivity contribution in [2.45, 2.75) is 26.0 Å². The van der Waals surface area contributed by atoms with Crippen LogP contribution in [-0.4, -0.2) is 46.8 Å². The number of amides is 4. The second kappa shape index (κ2) is 7.12. The fraction of sp³-hybridized carbons (Fsp3) is 0.238. The average Bonchev–Trinajstić information content (AvgIpc) is 3.06. The highest BCUT2D eigenvalue weighted by Crippen LogP contribution is 2.33. The third-order valence-electron chi connectivity index (χ3n) is 4.65. The van der Waals surface area contributed by atoms with Crippen LogP contribution in [-0.2, 0) is 9.59 Å². The number of para-hydroxylation sites is 1. The Hall–Kier alpha value is -3.55. The standard InChI is InChI=1S/C21H18FN3O4/c1-12(2)23-17(26)11-24-18-15-5-3-4-6-16(15)29-19(18)20(27)25(21(24)28)14-9-7-13(22)8-10-14/h3-10,12,19H,11H2,1-2H3/p+1. The van der Waals surface area contributed by atoms with E-state index in [2.05, 4.69) is 5.32 Å². The Balaban J connectivity index is 1.82. The normalized spacial score (nSPS) is 17.9. The van der Waals surface area contributed by atoms with Gasteiger partial charge in [0.2, 0.25) is 0 Å². The number of ether oxygens (including phenoxy) is 1. The van der Waals surface area contributed by atoms with Crippen LogP contribution in [0.3, 0.4) is 0 Å². The molecule has 1 unspecified atom stereocenters. The molecule has 0 radical (unpaired) electrons. The third kappa shape index (κ3) is 3.26. The Morgan fingerprint density at radius 2 is 1.86 bits per heavy atom. The molecule has 0 spiro atoms. The first-order valence-electron chi connectivity index (χ1n) is 9.20. The van der Waals surface area contributed by atoms with E-state index in [-0.39, 0.29) is 24.2 Å². The Morgan fingerprint density at radius 3 is 2.55 bits per heavy atom. The summed E-state index contributed by atoms with van der Waals surface area (Å²) in [5.74, 6) is -0.981. The fourth-order valence-electron chi connectivity index (χ4n) is 3.49. The number of fused-ring (bicyclic) bond motifs is 3. The molecule has 0 saturated heterocycles. The van der Waals surface area contributed by atoms with Crippen molar-refractivity contribution in [3.63, 3.8) is 0 Å². The van der Waals surface area contributed by atoms with Crippen molar-refractivity contribution in [2.75, 3.05) is 11.4 Å². The van der Waals surface area contributed by atoms with Crippen LogP contribution in [0.2, 0.25) is 0 Å². The second-order valence-electron chi connectivity index (χ2n) is 7.12. The summed E-state index contributed by atoms with van der Waals surface area (Å²) >= 11 is 0. The van der Waals surface area contributed by atoms with E-state index in [0.29, 0.717) is 17.0 Å². The van der Waals surface area contributed by atoms with Crippen LogP contribution < -0.4 is 15.0 Å². The largest absolute Gasteiger partial charge is 0.506 e. The summed E-state index contributed by atoms with van der Waals surface area (Å²) in [4.78, 5) is 39.7. The molecule has 2 aliphatic heterocycles. The first kappa shape index (κ1) is 18.8. The first-order valence-corrected chi connectivity index (χ1v) is 9.20. The van der Waals surface area contributed by atoms with Crippen LogP contribution in [0.25, 0.3) is 0 Å². The van der Waals surface area contributed by atoms with E-state index < -0.39 is 23.9 Å². The summed E-state index contributed by atoms with van der Waals surface area (Å²) in [6.07, 6.45) is -1.07. The summed E-state index contributed by atoms with van der Waals surface area (Å²) in [6, 6.07) is 11.2. The van der Waals surface area contributed by atoms with E-state index in [1.807, 2.05) is 13.8 Å². The minimum absolute atomic E-state index is 0.106. The molecule has 2 aromatic carbocycles. The average molecular weight is 396 g/mol. The third-order valence-corrected chi connectivity index (χ3v) is 4.65. The lowest BCUT2D eigenvalue weighted by Crippen LogP contribution is -2.59. The van der Waals surface area contributed by atoms with Gasteiger partial charge in [-0.3, -0.25) is 4.79 Å². The summed E-state index contributed by atoms with van der Waals surface area (Å²) in [5.41, 5.74) is 1.14. The van der Waals surface area contributed by atoms with Crippen molar-refractivity contribution in [1.29, 1.82) is 0 Å². The van der Waals surface area contributed by atoms with E-state index in [9.17, 15) is 18.8 Å². The molecule has 7 nitrogen and oxygen atoms in total. The van der Waals surface area contributed by atoms with Gasteiger partial charge in [0.1, 0.15) is 17.3 Å². The van der Waals surface area contributed by atoms with Crippen molar-refractivity contribution < 1.29 is 28.1 Å². The number of hydrogen-bond acceptors (Lipinski definition) is 4. The van der Waals surface area contributed by atoms with Crippen LogP contribution in [0.15, 0.2) is 48.5 Å². The number of hydrogen-bond donors (Lipinski definition) is 1. The lowest BCUT2D eigenvalue weighted by atomic mass is 10.0. The van der Waals surface area contributed by atoms with Gasteiger partial charge in [0, 0.05) is 6.04 Å². The minimum atomic E-state index is -1.07. The van der Waals surface area contributed by atoms with Crippen LogP contribution >= 0.6 is 0 Å².